The van der Waals surface area contributed by atoms with Gasteiger partial charge in [0.1, 0.15) is 5.65 Å². The summed E-state index contributed by atoms with van der Waals surface area (Å²) in [5, 5.41) is 4.01. The van der Waals surface area contributed by atoms with Gasteiger partial charge >= 0.3 is 0 Å². The fourth-order valence-electron chi connectivity index (χ4n) is 3.11. The fourth-order valence-corrected chi connectivity index (χ4v) is 3.70. The first kappa shape index (κ1) is 17.1. The molecule has 0 aromatic carbocycles. The van der Waals surface area contributed by atoms with Crippen LogP contribution in [0.5, 0.6) is 0 Å². The molecule has 24 heavy (non-hydrogen) atoms. The van der Waals surface area contributed by atoms with Crippen LogP contribution in [-0.4, -0.2) is 41.3 Å². The van der Waals surface area contributed by atoms with E-state index < -0.39 is 0 Å². The Morgan fingerprint density at radius 2 is 2.33 bits per heavy atom. The smallest absolute Gasteiger partial charge is 0.226 e. The lowest BCUT2D eigenvalue weighted by atomic mass is 10.1. The second-order valence-electron chi connectivity index (χ2n) is 6.59. The molecule has 1 atom stereocenters. The Kier molecular flexibility index (Phi) is 5.01. The number of pyridine rings is 1. The van der Waals surface area contributed by atoms with Gasteiger partial charge in [0.2, 0.25) is 5.91 Å². The normalized spacial score (nSPS) is 18.4. The fraction of sp³-hybridized carbons (Fsp3) is 0.529. The quantitative estimate of drug-likeness (QED) is 0.740. The highest BCUT2D eigenvalue weighted by Crippen LogP contribution is 2.39. The minimum atomic E-state index is -0.0708. The Hall–Kier alpha value is -1.73. The molecule has 0 spiro atoms. The molecule has 6 nitrogen and oxygen atoms in total. The van der Waals surface area contributed by atoms with Crippen molar-refractivity contribution in [1.82, 2.24) is 9.97 Å². The molecule has 1 amide bonds. The van der Waals surface area contributed by atoms with Gasteiger partial charge in [-0.05, 0) is 19.1 Å². The summed E-state index contributed by atoms with van der Waals surface area (Å²) in [7, 11) is 0. The van der Waals surface area contributed by atoms with Gasteiger partial charge in [0, 0.05) is 42.3 Å². The van der Waals surface area contributed by atoms with Crippen LogP contribution in [0, 0.1) is 5.92 Å². The summed E-state index contributed by atoms with van der Waals surface area (Å²) < 4.78 is 0. The summed E-state index contributed by atoms with van der Waals surface area (Å²) in [4.78, 5) is 23.3. The van der Waals surface area contributed by atoms with Gasteiger partial charge < -0.3 is 20.9 Å². The van der Waals surface area contributed by atoms with Gasteiger partial charge in [0.15, 0.2) is 0 Å². The molecule has 0 saturated carbocycles. The van der Waals surface area contributed by atoms with Crippen molar-refractivity contribution in [2.24, 2.45) is 11.7 Å². The number of amides is 1. The third kappa shape index (κ3) is 3.23. The van der Waals surface area contributed by atoms with Crippen molar-refractivity contribution >= 4 is 40.1 Å². The molecule has 1 fully saturated rings. The second kappa shape index (κ2) is 7.03. The van der Waals surface area contributed by atoms with E-state index in [9.17, 15) is 4.79 Å². The number of nitrogens with one attached hydrogen (secondary N) is 2. The molecular weight excluding hydrogens is 322 g/mol. The topological polar surface area (TPSA) is 87.0 Å². The molecule has 7 heteroatoms. The van der Waals surface area contributed by atoms with Gasteiger partial charge in [-0.3, -0.25) is 4.79 Å². The lowest BCUT2D eigenvalue weighted by Crippen LogP contribution is -2.43. The Labute approximate surface area is 146 Å². The van der Waals surface area contributed by atoms with E-state index in [0.29, 0.717) is 0 Å². The van der Waals surface area contributed by atoms with Crippen molar-refractivity contribution in [3.05, 3.63) is 12.4 Å². The van der Waals surface area contributed by atoms with E-state index in [-0.39, 0.29) is 17.9 Å². The van der Waals surface area contributed by atoms with Crippen molar-refractivity contribution in [2.45, 2.75) is 37.6 Å². The van der Waals surface area contributed by atoms with E-state index in [1.165, 1.54) is 0 Å². The Morgan fingerprint density at radius 3 is 3.00 bits per heavy atom. The van der Waals surface area contributed by atoms with Gasteiger partial charge in [-0.1, -0.05) is 13.8 Å². The van der Waals surface area contributed by atoms with Crippen LogP contribution in [0.3, 0.4) is 0 Å². The molecule has 130 valence electrons. The molecule has 1 aliphatic rings. The number of hydrogen-bond donors (Lipinski definition) is 3. The number of fused-ring (bicyclic) bond motifs is 1. The van der Waals surface area contributed by atoms with Crippen LogP contribution in [0.25, 0.3) is 11.0 Å². The summed E-state index contributed by atoms with van der Waals surface area (Å²) in [6, 6.07) is 0.185. The van der Waals surface area contributed by atoms with E-state index in [1.54, 1.807) is 11.8 Å². The van der Waals surface area contributed by atoms with Crippen molar-refractivity contribution in [3.8, 4) is 0 Å². The summed E-state index contributed by atoms with van der Waals surface area (Å²) in [6.07, 6.45) is 7.91. The zero-order valence-corrected chi connectivity index (χ0v) is 15.2. The highest BCUT2D eigenvalue weighted by molar-refractivity contribution is 7.98. The maximum atomic E-state index is 12.2. The lowest BCUT2D eigenvalue weighted by molar-refractivity contribution is -0.118. The molecular formula is C17H25N5OS. The molecule has 0 aliphatic carbocycles. The van der Waals surface area contributed by atoms with E-state index in [0.717, 1.165) is 53.2 Å². The van der Waals surface area contributed by atoms with Gasteiger partial charge in [-0.25, -0.2) is 4.98 Å². The van der Waals surface area contributed by atoms with Crippen molar-refractivity contribution in [2.75, 3.05) is 29.6 Å². The van der Waals surface area contributed by atoms with Crippen molar-refractivity contribution in [1.29, 1.82) is 0 Å². The highest BCUT2D eigenvalue weighted by Gasteiger charge is 2.24. The monoisotopic (exact) mass is 347 g/mol. The Bertz CT molecular complexity index is 742. The SMILES string of the molecule is CSc1cnc2[nH]cc(NC(=O)C(C)C)c2c1N1CCC[C@@H](N)C1. The van der Waals surface area contributed by atoms with Crippen LogP contribution in [0.2, 0.25) is 0 Å². The predicted octanol–water partition coefficient (Wildman–Crippen LogP) is 2.81. The number of aromatic nitrogens is 2. The minimum Gasteiger partial charge on any atom is -0.368 e. The molecule has 2 aromatic rings. The van der Waals surface area contributed by atoms with Gasteiger partial charge in [-0.15, -0.1) is 11.8 Å². The largest absolute Gasteiger partial charge is 0.368 e. The molecule has 3 heterocycles. The number of hydrogen-bond acceptors (Lipinski definition) is 5. The molecule has 1 aliphatic heterocycles. The van der Waals surface area contributed by atoms with Crippen molar-refractivity contribution in [3.63, 3.8) is 0 Å². The molecule has 0 radical (unpaired) electrons. The number of rotatable bonds is 4. The summed E-state index contributed by atoms with van der Waals surface area (Å²) >= 11 is 1.67. The molecule has 3 rings (SSSR count). The number of nitrogens with zero attached hydrogens (tertiary/aromatic N) is 2. The number of anilines is 2. The second-order valence-corrected chi connectivity index (χ2v) is 7.44. The molecule has 2 aromatic heterocycles. The number of aromatic amines is 1. The maximum Gasteiger partial charge on any atom is 0.226 e. The zero-order chi connectivity index (χ0) is 17.3. The van der Waals surface area contributed by atoms with Gasteiger partial charge in [0.05, 0.1) is 16.8 Å². The first-order valence-corrected chi connectivity index (χ1v) is 9.59. The number of thioether (sulfide) groups is 1. The highest BCUT2D eigenvalue weighted by atomic mass is 32.2. The van der Waals surface area contributed by atoms with Crippen LogP contribution < -0.4 is 16.0 Å². The number of carbonyl (C=O) groups is 1. The average Bonchev–Trinajstić information content (AvgIpc) is 2.96. The standard InChI is InChI=1S/C17H25N5OS/c1-10(2)17(23)21-12-7-19-16-14(12)15(13(24-3)8-20-16)22-6-4-5-11(18)9-22/h7-8,10-11H,4-6,9,18H2,1-3H3,(H,19,20)(H,21,23)/t11-/m1/s1. The number of H-pyrrole nitrogens is 1. The zero-order valence-electron chi connectivity index (χ0n) is 14.4. The molecule has 0 unspecified atom stereocenters. The number of nitrogens with two attached hydrogens (primary N) is 1. The third-order valence-electron chi connectivity index (χ3n) is 4.42. The lowest BCUT2D eigenvalue weighted by Gasteiger charge is -2.34. The van der Waals surface area contributed by atoms with E-state index in [4.69, 9.17) is 5.73 Å². The maximum absolute atomic E-state index is 12.2. The minimum absolute atomic E-state index is 0.00625. The molecule has 0 bridgehead atoms. The van der Waals surface area contributed by atoms with E-state index >= 15 is 0 Å². The Balaban J connectivity index is 2.10. The van der Waals surface area contributed by atoms with Crippen LogP contribution in [0.4, 0.5) is 11.4 Å². The van der Waals surface area contributed by atoms with E-state index in [1.807, 2.05) is 26.2 Å². The molecule has 1 saturated heterocycles. The van der Waals surface area contributed by atoms with Crippen molar-refractivity contribution < 1.29 is 4.79 Å². The number of carbonyl (C=O) groups excluding carboxylic acids is 1. The first-order chi connectivity index (χ1) is 11.5. The summed E-state index contributed by atoms with van der Waals surface area (Å²) in [5.41, 5.74) is 8.90. The van der Waals surface area contributed by atoms with Crippen LogP contribution in [0.15, 0.2) is 17.3 Å². The van der Waals surface area contributed by atoms with Crippen LogP contribution in [0.1, 0.15) is 26.7 Å². The van der Waals surface area contributed by atoms with Crippen LogP contribution >= 0.6 is 11.8 Å². The first-order valence-electron chi connectivity index (χ1n) is 8.36. The van der Waals surface area contributed by atoms with E-state index in [2.05, 4.69) is 26.4 Å². The number of piperidine rings is 1. The predicted molar refractivity (Wildman–Crippen MR) is 101 cm³/mol. The van der Waals surface area contributed by atoms with Gasteiger partial charge in [0.25, 0.3) is 0 Å². The third-order valence-corrected chi connectivity index (χ3v) is 5.16. The average molecular weight is 347 g/mol. The van der Waals surface area contributed by atoms with Crippen LogP contribution in [-0.2, 0) is 4.79 Å². The van der Waals surface area contributed by atoms with Gasteiger partial charge in [-0.2, -0.15) is 0 Å². The summed E-state index contributed by atoms with van der Waals surface area (Å²) in [5.74, 6) is -0.0646. The summed E-state index contributed by atoms with van der Waals surface area (Å²) in [6.45, 7) is 5.58. The molecule has 4 N–H and O–H groups in total. The Morgan fingerprint density at radius 1 is 1.54 bits per heavy atom.